The minimum absolute atomic E-state index is 0.0701. The van der Waals surface area contributed by atoms with Crippen molar-refractivity contribution >= 4 is 41.0 Å². The van der Waals surface area contributed by atoms with Gasteiger partial charge in [-0.25, -0.2) is 9.59 Å². The van der Waals surface area contributed by atoms with Gasteiger partial charge in [-0.3, -0.25) is 14.7 Å². The number of ether oxygens (including phenoxy) is 3. The summed E-state index contributed by atoms with van der Waals surface area (Å²) in [6.45, 7) is 7.42. The highest BCUT2D eigenvalue weighted by atomic mass is 35.5. The number of aromatic nitrogens is 1. The van der Waals surface area contributed by atoms with Gasteiger partial charge in [-0.2, -0.15) is 0 Å². The average Bonchev–Trinajstić information content (AvgIpc) is 3.13. The van der Waals surface area contributed by atoms with E-state index in [4.69, 9.17) is 37.4 Å². The van der Waals surface area contributed by atoms with Crippen LogP contribution in [0.3, 0.4) is 0 Å². The normalized spacial score (nSPS) is 16.6. The summed E-state index contributed by atoms with van der Waals surface area (Å²) in [6, 6.07) is 15.0. The average molecular weight is 736 g/mol. The number of carbonyl (C=O) groups excluding carboxylic acids is 3. The lowest BCUT2D eigenvalue weighted by Crippen LogP contribution is -2.48. The molecule has 3 aromatic rings. The number of hydrogen-bond donors (Lipinski definition) is 1. The molecular weight excluding hydrogens is 691 g/mol. The van der Waals surface area contributed by atoms with E-state index in [2.05, 4.69) is 35.1 Å². The first-order chi connectivity index (χ1) is 24.6. The molecule has 0 saturated carbocycles. The van der Waals surface area contributed by atoms with Gasteiger partial charge < -0.3 is 24.4 Å². The number of amides is 1. The van der Waals surface area contributed by atoms with Crippen molar-refractivity contribution < 1.29 is 28.6 Å². The van der Waals surface area contributed by atoms with E-state index in [1.807, 2.05) is 24.3 Å². The fourth-order valence-corrected chi connectivity index (χ4v) is 7.32. The molecular formula is C39H44Cl2N4O6. The molecule has 3 heterocycles. The molecule has 12 heteroatoms. The van der Waals surface area contributed by atoms with Crippen molar-refractivity contribution in [1.82, 2.24) is 20.1 Å². The number of nitrogens with one attached hydrogen (secondary N) is 1. The van der Waals surface area contributed by atoms with E-state index in [1.54, 1.807) is 42.6 Å². The number of allylic oxidation sites excluding steroid dienone is 1. The molecule has 1 N–H and O–H groups in total. The summed E-state index contributed by atoms with van der Waals surface area (Å²) in [7, 11) is 4.16. The molecule has 1 amide bonds. The first-order valence-electron chi connectivity index (χ1n) is 17.0. The topological polar surface area (TPSA) is 110 Å². The number of aryl methyl sites for hydroxylation is 1. The van der Waals surface area contributed by atoms with Gasteiger partial charge in [0.1, 0.15) is 5.75 Å². The molecule has 2 aliphatic heterocycles. The SMILES string of the molecule is COC(=O)C1=C(CCc2cc(C(C)C)ccc2OC)NC(CC(=O)N2CCN(Cc3ccncc3)CC2)=C(C(=O)OC)C1c1c(Cl)cccc1Cl. The Balaban J connectivity index is 1.53. The van der Waals surface area contributed by atoms with E-state index < -0.39 is 17.9 Å². The van der Waals surface area contributed by atoms with Crippen LogP contribution in [-0.4, -0.2) is 80.1 Å². The summed E-state index contributed by atoms with van der Waals surface area (Å²) >= 11 is 13.6. The van der Waals surface area contributed by atoms with Crippen LogP contribution in [0.2, 0.25) is 10.0 Å². The predicted molar refractivity (Wildman–Crippen MR) is 197 cm³/mol. The molecule has 270 valence electrons. The molecule has 1 unspecified atom stereocenters. The molecule has 1 aromatic heterocycles. The first kappa shape index (κ1) is 37.9. The minimum atomic E-state index is -1.08. The molecule has 0 bridgehead atoms. The molecule has 10 nitrogen and oxygen atoms in total. The number of nitrogens with zero attached hydrogens (tertiary/aromatic N) is 3. The number of benzene rings is 2. The zero-order valence-corrected chi connectivity index (χ0v) is 31.1. The quantitative estimate of drug-likeness (QED) is 0.211. The smallest absolute Gasteiger partial charge is 0.336 e. The molecule has 51 heavy (non-hydrogen) atoms. The standard InChI is InChI=1S/C39H44Cl2N4O6/c1-24(2)26-10-12-32(49-3)27(21-26)9-11-30-35(38(47)50-4)37(34-28(40)7-6-8-29(34)41)36(39(48)51-5)31(43-30)22-33(46)45-19-17-44(18-20-45)23-25-13-15-42-16-14-25/h6-8,10,12-16,21,24,37,43H,9,11,17-20,22-23H2,1-5H3. The zero-order valence-electron chi connectivity index (χ0n) is 29.6. The van der Waals surface area contributed by atoms with Gasteiger partial charge in [0.15, 0.2) is 0 Å². The van der Waals surface area contributed by atoms with Crippen LogP contribution in [0.4, 0.5) is 0 Å². The fourth-order valence-electron chi connectivity index (χ4n) is 6.70. The summed E-state index contributed by atoms with van der Waals surface area (Å²) in [4.78, 5) is 49.7. The number of methoxy groups -OCH3 is 3. The maximum absolute atomic E-state index is 14.0. The zero-order chi connectivity index (χ0) is 36.7. The van der Waals surface area contributed by atoms with E-state index in [0.717, 1.165) is 23.2 Å². The molecule has 1 saturated heterocycles. The molecule has 5 rings (SSSR count). The summed E-state index contributed by atoms with van der Waals surface area (Å²) < 4.78 is 16.3. The van der Waals surface area contributed by atoms with Crippen molar-refractivity contribution in [1.29, 1.82) is 0 Å². The maximum atomic E-state index is 14.0. The van der Waals surface area contributed by atoms with Gasteiger partial charge in [-0.15, -0.1) is 0 Å². The van der Waals surface area contributed by atoms with Crippen LogP contribution in [0.1, 0.15) is 60.8 Å². The fraction of sp³-hybridized carbons (Fsp3) is 0.385. The van der Waals surface area contributed by atoms with Crippen molar-refractivity contribution in [3.8, 4) is 5.75 Å². The Labute approximate surface area is 309 Å². The number of hydrogen-bond acceptors (Lipinski definition) is 9. The number of carbonyl (C=O) groups is 3. The number of dihydropyridines is 1. The van der Waals surface area contributed by atoms with Gasteiger partial charge in [0.05, 0.1) is 44.8 Å². The van der Waals surface area contributed by atoms with Crippen LogP contribution in [0.15, 0.2) is 83.5 Å². The van der Waals surface area contributed by atoms with E-state index in [1.165, 1.54) is 14.2 Å². The highest BCUT2D eigenvalue weighted by Gasteiger charge is 2.42. The third-order valence-electron chi connectivity index (χ3n) is 9.45. The van der Waals surface area contributed by atoms with Crippen LogP contribution in [0.25, 0.3) is 0 Å². The molecule has 2 aliphatic rings. The molecule has 0 radical (unpaired) electrons. The predicted octanol–water partition coefficient (Wildman–Crippen LogP) is 6.43. The van der Waals surface area contributed by atoms with Crippen LogP contribution in [0, 0.1) is 0 Å². The molecule has 2 aromatic carbocycles. The number of halogens is 2. The van der Waals surface area contributed by atoms with Gasteiger partial charge >= 0.3 is 11.9 Å². The van der Waals surface area contributed by atoms with Gasteiger partial charge in [0.2, 0.25) is 5.91 Å². The lowest BCUT2D eigenvalue weighted by atomic mass is 9.78. The van der Waals surface area contributed by atoms with Gasteiger partial charge in [-0.1, -0.05) is 55.2 Å². The third-order valence-corrected chi connectivity index (χ3v) is 10.1. The van der Waals surface area contributed by atoms with Crippen molar-refractivity contribution in [2.45, 2.75) is 51.5 Å². The van der Waals surface area contributed by atoms with E-state index in [0.29, 0.717) is 67.6 Å². The molecule has 0 aliphatic carbocycles. The summed E-state index contributed by atoms with van der Waals surface area (Å²) in [6.07, 6.45) is 4.20. The van der Waals surface area contributed by atoms with Crippen LogP contribution in [0.5, 0.6) is 5.75 Å². The Morgan fingerprint density at radius 2 is 1.49 bits per heavy atom. The number of rotatable bonds is 12. The summed E-state index contributed by atoms with van der Waals surface area (Å²) in [5, 5.41) is 3.84. The Bertz CT molecular complexity index is 1800. The number of esters is 2. The largest absolute Gasteiger partial charge is 0.496 e. The number of pyridine rings is 1. The van der Waals surface area contributed by atoms with Crippen LogP contribution >= 0.6 is 23.2 Å². The summed E-state index contributed by atoms with van der Waals surface area (Å²) in [5.41, 5.74) is 4.62. The van der Waals surface area contributed by atoms with Crippen molar-refractivity contribution in [2.24, 2.45) is 0 Å². The van der Waals surface area contributed by atoms with Crippen molar-refractivity contribution in [3.05, 3.63) is 116 Å². The molecule has 0 spiro atoms. The van der Waals surface area contributed by atoms with Gasteiger partial charge in [0.25, 0.3) is 0 Å². The summed E-state index contributed by atoms with van der Waals surface area (Å²) in [5.74, 6) is -1.63. The second-order valence-corrected chi connectivity index (χ2v) is 13.7. The molecule has 1 fully saturated rings. The van der Waals surface area contributed by atoms with E-state index in [9.17, 15) is 14.4 Å². The Hall–Kier alpha value is -4.38. The van der Waals surface area contributed by atoms with Crippen LogP contribution < -0.4 is 10.1 Å². The second kappa shape index (κ2) is 17.2. The third kappa shape index (κ3) is 8.75. The van der Waals surface area contributed by atoms with Crippen LogP contribution in [-0.2, 0) is 36.8 Å². The monoisotopic (exact) mass is 734 g/mol. The lowest BCUT2D eigenvalue weighted by Gasteiger charge is -2.36. The minimum Gasteiger partial charge on any atom is -0.496 e. The van der Waals surface area contributed by atoms with Crippen molar-refractivity contribution in [3.63, 3.8) is 0 Å². The van der Waals surface area contributed by atoms with E-state index in [-0.39, 0.29) is 33.5 Å². The Kier molecular flexibility index (Phi) is 12.8. The van der Waals surface area contributed by atoms with E-state index >= 15 is 0 Å². The van der Waals surface area contributed by atoms with Crippen molar-refractivity contribution in [2.75, 3.05) is 47.5 Å². The molecule has 1 atom stereocenters. The van der Waals surface area contributed by atoms with Gasteiger partial charge in [-0.05, 0) is 65.8 Å². The highest BCUT2D eigenvalue weighted by molar-refractivity contribution is 6.36. The Morgan fingerprint density at radius 1 is 0.863 bits per heavy atom. The first-order valence-corrected chi connectivity index (χ1v) is 17.7. The Morgan fingerprint density at radius 3 is 2.08 bits per heavy atom. The number of piperazine rings is 1. The highest BCUT2D eigenvalue weighted by Crippen LogP contribution is 2.46. The maximum Gasteiger partial charge on any atom is 0.336 e. The lowest BCUT2D eigenvalue weighted by molar-refractivity contribution is -0.137. The second-order valence-electron chi connectivity index (χ2n) is 12.9. The van der Waals surface area contributed by atoms with Gasteiger partial charge in [0, 0.05) is 72.1 Å².